The van der Waals surface area contributed by atoms with Gasteiger partial charge in [-0.05, 0) is 16.3 Å². The molecule has 2 N–H and O–H groups in total. The minimum Gasteiger partial charge on any atom is -0.355 e. The number of nitrogens with one attached hydrogen (secondary N) is 2. The van der Waals surface area contributed by atoms with Gasteiger partial charge in [-0.3, -0.25) is 4.79 Å². The summed E-state index contributed by atoms with van der Waals surface area (Å²) in [6.45, 7) is 0.617. The van der Waals surface area contributed by atoms with Crippen LogP contribution in [0.5, 0.6) is 0 Å². The predicted octanol–water partition coefficient (Wildman–Crippen LogP) is 2.46. The summed E-state index contributed by atoms with van der Waals surface area (Å²) in [6, 6.07) is 14.2. The van der Waals surface area contributed by atoms with Gasteiger partial charge in [0.1, 0.15) is 0 Å². The highest BCUT2D eigenvalue weighted by Gasteiger charge is 2.06. The fraction of sp³-hybridized carbons (Fsp3) is 0.176. The number of H-pyrrole nitrogens is 1. The molecular weight excluding hydrogens is 262 g/mol. The van der Waals surface area contributed by atoms with Crippen LogP contribution >= 0.6 is 0 Å². The predicted molar refractivity (Wildman–Crippen MR) is 83.0 cm³/mol. The van der Waals surface area contributed by atoms with Gasteiger partial charge in [-0.25, -0.2) is 4.98 Å². The number of benzene rings is 2. The molecule has 0 saturated heterocycles. The Morgan fingerprint density at radius 2 is 2.00 bits per heavy atom. The number of rotatable bonds is 5. The molecule has 0 saturated carbocycles. The summed E-state index contributed by atoms with van der Waals surface area (Å²) in [6.07, 6.45) is 4.59. The molecular formula is C17H17N3O. The lowest BCUT2D eigenvalue weighted by Crippen LogP contribution is -2.27. The Labute approximate surface area is 123 Å². The SMILES string of the molecule is O=C(Cc1cccc2ccccc12)NCCc1cnc[nH]1. The highest BCUT2D eigenvalue weighted by molar-refractivity contribution is 5.90. The highest BCUT2D eigenvalue weighted by atomic mass is 16.1. The first-order valence-electron chi connectivity index (χ1n) is 7.03. The van der Waals surface area contributed by atoms with Gasteiger partial charge in [0, 0.05) is 24.9 Å². The average Bonchev–Trinajstić information content (AvgIpc) is 3.01. The molecule has 0 aliphatic carbocycles. The molecule has 1 amide bonds. The first kappa shape index (κ1) is 13.4. The summed E-state index contributed by atoms with van der Waals surface area (Å²) in [5.41, 5.74) is 2.09. The van der Waals surface area contributed by atoms with Crippen LogP contribution < -0.4 is 5.32 Å². The van der Waals surface area contributed by atoms with Crippen LogP contribution in [0.4, 0.5) is 0 Å². The molecule has 1 aromatic heterocycles. The molecule has 21 heavy (non-hydrogen) atoms. The summed E-state index contributed by atoms with van der Waals surface area (Å²) in [7, 11) is 0. The summed E-state index contributed by atoms with van der Waals surface area (Å²) < 4.78 is 0. The second kappa shape index (κ2) is 6.22. The van der Waals surface area contributed by atoms with Crippen molar-refractivity contribution in [2.45, 2.75) is 12.8 Å². The van der Waals surface area contributed by atoms with Gasteiger partial charge in [-0.15, -0.1) is 0 Å². The molecule has 4 nitrogen and oxygen atoms in total. The zero-order valence-corrected chi connectivity index (χ0v) is 11.7. The summed E-state index contributed by atoms with van der Waals surface area (Å²) in [4.78, 5) is 19.0. The molecule has 0 atom stereocenters. The van der Waals surface area contributed by atoms with Crippen LogP contribution in [0.3, 0.4) is 0 Å². The maximum atomic E-state index is 12.0. The third-order valence-electron chi connectivity index (χ3n) is 3.50. The Balaban J connectivity index is 1.61. The van der Waals surface area contributed by atoms with Crippen molar-refractivity contribution in [3.8, 4) is 0 Å². The van der Waals surface area contributed by atoms with Gasteiger partial charge in [0.2, 0.25) is 5.91 Å². The van der Waals surface area contributed by atoms with Crippen LogP contribution in [0.2, 0.25) is 0 Å². The number of aromatic amines is 1. The summed E-state index contributed by atoms with van der Waals surface area (Å²) >= 11 is 0. The van der Waals surface area contributed by atoms with Crippen molar-refractivity contribution in [1.29, 1.82) is 0 Å². The maximum Gasteiger partial charge on any atom is 0.224 e. The lowest BCUT2D eigenvalue weighted by molar-refractivity contribution is -0.120. The Kier molecular flexibility index (Phi) is 3.96. The first-order valence-corrected chi connectivity index (χ1v) is 7.03. The van der Waals surface area contributed by atoms with Gasteiger partial charge < -0.3 is 10.3 Å². The fourth-order valence-corrected chi connectivity index (χ4v) is 2.44. The number of amides is 1. The zero-order chi connectivity index (χ0) is 14.5. The third-order valence-corrected chi connectivity index (χ3v) is 3.50. The maximum absolute atomic E-state index is 12.0. The topological polar surface area (TPSA) is 57.8 Å². The molecule has 3 aromatic rings. The van der Waals surface area contributed by atoms with Crippen molar-refractivity contribution in [1.82, 2.24) is 15.3 Å². The molecule has 0 spiro atoms. The number of hydrogen-bond donors (Lipinski definition) is 2. The molecule has 4 heteroatoms. The van der Waals surface area contributed by atoms with E-state index in [0.717, 1.165) is 23.1 Å². The first-order chi connectivity index (χ1) is 10.3. The minimum atomic E-state index is 0.0471. The second-order valence-corrected chi connectivity index (χ2v) is 4.99. The minimum absolute atomic E-state index is 0.0471. The fourth-order valence-electron chi connectivity index (χ4n) is 2.44. The number of aromatic nitrogens is 2. The molecule has 0 aliphatic heterocycles. The number of imidazole rings is 1. The Morgan fingerprint density at radius 1 is 1.14 bits per heavy atom. The normalized spacial score (nSPS) is 10.7. The van der Waals surface area contributed by atoms with Crippen LogP contribution in [0.1, 0.15) is 11.3 Å². The molecule has 0 radical (unpaired) electrons. The van der Waals surface area contributed by atoms with Crippen molar-refractivity contribution >= 4 is 16.7 Å². The number of nitrogens with zero attached hydrogens (tertiary/aromatic N) is 1. The Hall–Kier alpha value is -2.62. The number of fused-ring (bicyclic) bond motifs is 1. The summed E-state index contributed by atoms with van der Waals surface area (Å²) in [5, 5.41) is 5.26. The Morgan fingerprint density at radius 3 is 2.86 bits per heavy atom. The monoisotopic (exact) mass is 279 g/mol. The van der Waals surface area contributed by atoms with E-state index in [0.29, 0.717) is 13.0 Å². The molecule has 106 valence electrons. The van der Waals surface area contributed by atoms with Gasteiger partial charge in [-0.2, -0.15) is 0 Å². The zero-order valence-electron chi connectivity index (χ0n) is 11.7. The van der Waals surface area contributed by atoms with Crippen LogP contribution in [-0.4, -0.2) is 22.4 Å². The van der Waals surface area contributed by atoms with Crippen molar-refractivity contribution in [2.24, 2.45) is 0 Å². The van der Waals surface area contributed by atoms with Crippen molar-refractivity contribution < 1.29 is 4.79 Å². The molecule has 1 heterocycles. The number of carbonyl (C=O) groups is 1. The highest BCUT2D eigenvalue weighted by Crippen LogP contribution is 2.18. The lowest BCUT2D eigenvalue weighted by Gasteiger charge is -2.07. The van der Waals surface area contributed by atoms with Crippen molar-refractivity contribution in [3.63, 3.8) is 0 Å². The van der Waals surface area contributed by atoms with E-state index < -0.39 is 0 Å². The van der Waals surface area contributed by atoms with Crippen molar-refractivity contribution in [2.75, 3.05) is 6.54 Å². The smallest absolute Gasteiger partial charge is 0.224 e. The lowest BCUT2D eigenvalue weighted by atomic mass is 10.0. The number of hydrogen-bond acceptors (Lipinski definition) is 2. The Bertz CT molecular complexity index is 729. The van der Waals surface area contributed by atoms with E-state index in [1.54, 1.807) is 12.5 Å². The average molecular weight is 279 g/mol. The largest absolute Gasteiger partial charge is 0.355 e. The van der Waals surface area contributed by atoms with E-state index in [2.05, 4.69) is 33.5 Å². The van der Waals surface area contributed by atoms with E-state index in [1.165, 1.54) is 5.39 Å². The third kappa shape index (κ3) is 3.28. The van der Waals surface area contributed by atoms with Crippen LogP contribution in [0, 0.1) is 0 Å². The van der Waals surface area contributed by atoms with E-state index >= 15 is 0 Å². The second-order valence-electron chi connectivity index (χ2n) is 4.99. The number of carbonyl (C=O) groups excluding carboxylic acids is 1. The van der Waals surface area contributed by atoms with Crippen LogP contribution in [-0.2, 0) is 17.6 Å². The molecule has 0 unspecified atom stereocenters. The molecule has 0 aliphatic rings. The summed E-state index contributed by atoms with van der Waals surface area (Å²) in [5.74, 6) is 0.0471. The van der Waals surface area contributed by atoms with Gasteiger partial charge in [-0.1, -0.05) is 42.5 Å². The van der Waals surface area contributed by atoms with E-state index in [1.807, 2.05) is 24.3 Å². The van der Waals surface area contributed by atoms with Gasteiger partial charge in [0.05, 0.1) is 12.7 Å². The van der Waals surface area contributed by atoms with Crippen LogP contribution in [0.25, 0.3) is 10.8 Å². The molecule has 3 rings (SSSR count). The van der Waals surface area contributed by atoms with Gasteiger partial charge in [0.25, 0.3) is 0 Å². The van der Waals surface area contributed by atoms with E-state index in [-0.39, 0.29) is 5.91 Å². The van der Waals surface area contributed by atoms with Gasteiger partial charge in [0.15, 0.2) is 0 Å². The van der Waals surface area contributed by atoms with Crippen molar-refractivity contribution in [3.05, 3.63) is 66.2 Å². The van der Waals surface area contributed by atoms with Gasteiger partial charge >= 0.3 is 0 Å². The standard InChI is InChI=1S/C17H17N3O/c21-17(19-9-8-15-11-18-12-20-15)10-14-6-3-5-13-4-1-2-7-16(13)14/h1-7,11-12H,8-10H2,(H,18,20)(H,19,21). The molecule has 0 fully saturated rings. The quantitative estimate of drug-likeness (QED) is 0.753. The van der Waals surface area contributed by atoms with Crippen LogP contribution in [0.15, 0.2) is 55.0 Å². The van der Waals surface area contributed by atoms with E-state index in [4.69, 9.17) is 0 Å². The molecule has 0 bridgehead atoms. The molecule has 2 aromatic carbocycles. The van der Waals surface area contributed by atoms with E-state index in [9.17, 15) is 4.79 Å².